The number of halogens is 2. The highest BCUT2D eigenvalue weighted by Gasteiger charge is 2.14. The molecule has 1 aromatic carbocycles. The van der Waals surface area contributed by atoms with Crippen LogP contribution in [0.2, 0.25) is 0 Å². The van der Waals surface area contributed by atoms with Gasteiger partial charge in [-0.3, -0.25) is 0 Å². The van der Waals surface area contributed by atoms with E-state index in [0.29, 0.717) is 11.6 Å². The van der Waals surface area contributed by atoms with Crippen molar-refractivity contribution in [2.24, 2.45) is 7.05 Å². The molecule has 0 bridgehead atoms. The fourth-order valence-corrected chi connectivity index (χ4v) is 1.83. The molecule has 3 aromatic rings. The van der Waals surface area contributed by atoms with Gasteiger partial charge in [0.2, 0.25) is 5.82 Å². The monoisotopic (exact) mass is 291 g/mol. The normalized spacial score (nSPS) is 10.8. The van der Waals surface area contributed by atoms with Crippen LogP contribution in [0.5, 0.6) is 0 Å². The zero-order valence-electron chi connectivity index (χ0n) is 11.0. The number of hydrogen-bond acceptors (Lipinski definition) is 5. The Morgan fingerprint density at radius 3 is 2.71 bits per heavy atom. The van der Waals surface area contributed by atoms with Crippen LogP contribution in [0.1, 0.15) is 5.56 Å². The van der Waals surface area contributed by atoms with Crippen LogP contribution >= 0.6 is 0 Å². The molecule has 0 radical (unpaired) electrons. The number of anilines is 1. The molecule has 0 aliphatic rings. The lowest BCUT2D eigenvalue weighted by Gasteiger charge is -2.04. The standard InChI is InChI=1S/C13H11F2N5O/c1-20-6-5-16-12(20)11-18-13(21-19-11)17-7-8-9(14)3-2-4-10(8)15/h2-6H,7H2,1H3,(H,17,18,19). The van der Waals surface area contributed by atoms with Gasteiger partial charge in [0.25, 0.3) is 0 Å². The Morgan fingerprint density at radius 2 is 2.05 bits per heavy atom. The summed E-state index contributed by atoms with van der Waals surface area (Å²) in [6, 6.07) is 3.75. The molecular formula is C13H11F2N5O. The average Bonchev–Trinajstić information content (AvgIpc) is 3.07. The number of benzene rings is 1. The Bertz CT molecular complexity index is 747. The number of hydrogen-bond donors (Lipinski definition) is 1. The molecule has 0 aliphatic heterocycles. The van der Waals surface area contributed by atoms with Crippen LogP contribution in [-0.4, -0.2) is 19.7 Å². The first-order valence-corrected chi connectivity index (χ1v) is 6.13. The summed E-state index contributed by atoms with van der Waals surface area (Å²) in [5.41, 5.74) is -0.0887. The summed E-state index contributed by atoms with van der Waals surface area (Å²) < 4.78 is 33.7. The van der Waals surface area contributed by atoms with Crippen molar-refractivity contribution in [3.8, 4) is 11.6 Å². The van der Waals surface area contributed by atoms with Gasteiger partial charge in [-0.25, -0.2) is 13.8 Å². The molecule has 108 valence electrons. The van der Waals surface area contributed by atoms with Crippen LogP contribution in [0.4, 0.5) is 14.8 Å². The van der Waals surface area contributed by atoms with Crippen molar-refractivity contribution in [1.82, 2.24) is 19.7 Å². The SMILES string of the molecule is Cn1ccnc1-c1noc(NCc2c(F)cccc2F)n1. The molecule has 0 saturated heterocycles. The molecule has 2 aromatic heterocycles. The van der Waals surface area contributed by atoms with Crippen molar-refractivity contribution in [3.05, 3.63) is 47.8 Å². The van der Waals surface area contributed by atoms with Crippen LogP contribution < -0.4 is 5.32 Å². The van der Waals surface area contributed by atoms with E-state index in [2.05, 4.69) is 20.4 Å². The first kappa shape index (κ1) is 13.2. The Kier molecular flexibility index (Phi) is 3.35. The smallest absolute Gasteiger partial charge is 0.322 e. The molecule has 0 fully saturated rings. The Hall–Kier alpha value is -2.77. The van der Waals surface area contributed by atoms with Crippen LogP contribution in [0.15, 0.2) is 35.1 Å². The number of nitrogens with one attached hydrogen (secondary N) is 1. The van der Waals surface area contributed by atoms with Gasteiger partial charge < -0.3 is 14.4 Å². The van der Waals surface area contributed by atoms with E-state index in [1.165, 1.54) is 18.2 Å². The molecule has 0 amide bonds. The van der Waals surface area contributed by atoms with E-state index < -0.39 is 11.6 Å². The third kappa shape index (κ3) is 2.60. The molecule has 8 heteroatoms. The lowest BCUT2D eigenvalue weighted by Crippen LogP contribution is -2.04. The van der Waals surface area contributed by atoms with E-state index in [1.807, 2.05) is 0 Å². The summed E-state index contributed by atoms with van der Waals surface area (Å²) in [5, 5.41) is 6.44. The van der Waals surface area contributed by atoms with Gasteiger partial charge in [-0.1, -0.05) is 11.2 Å². The molecule has 2 heterocycles. The third-order valence-electron chi connectivity index (χ3n) is 2.93. The molecule has 0 aliphatic carbocycles. The number of imidazole rings is 1. The predicted molar refractivity (Wildman–Crippen MR) is 70.2 cm³/mol. The third-order valence-corrected chi connectivity index (χ3v) is 2.93. The molecule has 1 N–H and O–H groups in total. The average molecular weight is 291 g/mol. The molecule has 3 rings (SSSR count). The first-order valence-electron chi connectivity index (χ1n) is 6.13. The second-order valence-corrected chi connectivity index (χ2v) is 4.34. The highest BCUT2D eigenvalue weighted by Crippen LogP contribution is 2.17. The topological polar surface area (TPSA) is 68.8 Å². The predicted octanol–water partition coefficient (Wildman–Crippen LogP) is 2.36. The van der Waals surface area contributed by atoms with Crippen LogP contribution in [0.3, 0.4) is 0 Å². The maximum atomic E-state index is 13.5. The largest absolute Gasteiger partial charge is 0.333 e. The van der Waals surface area contributed by atoms with Gasteiger partial charge in [0, 0.05) is 25.0 Å². The van der Waals surface area contributed by atoms with Crippen LogP contribution in [-0.2, 0) is 13.6 Å². The maximum absolute atomic E-state index is 13.5. The van der Waals surface area contributed by atoms with Crippen LogP contribution in [0.25, 0.3) is 11.6 Å². The first-order chi connectivity index (χ1) is 10.1. The molecule has 6 nitrogen and oxygen atoms in total. The van der Waals surface area contributed by atoms with E-state index in [-0.39, 0.29) is 18.1 Å². The van der Waals surface area contributed by atoms with Gasteiger partial charge in [0.1, 0.15) is 11.6 Å². The van der Waals surface area contributed by atoms with Gasteiger partial charge in [-0.15, -0.1) is 0 Å². The highest BCUT2D eigenvalue weighted by molar-refractivity contribution is 5.45. The maximum Gasteiger partial charge on any atom is 0.322 e. The van der Waals surface area contributed by atoms with E-state index in [1.54, 1.807) is 24.0 Å². The second-order valence-electron chi connectivity index (χ2n) is 4.34. The quantitative estimate of drug-likeness (QED) is 0.799. The van der Waals surface area contributed by atoms with E-state index in [0.717, 1.165) is 0 Å². The lowest BCUT2D eigenvalue weighted by atomic mass is 10.2. The van der Waals surface area contributed by atoms with Gasteiger partial charge in [0.15, 0.2) is 5.82 Å². The van der Waals surface area contributed by atoms with Crippen molar-refractivity contribution in [2.75, 3.05) is 5.32 Å². The number of rotatable bonds is 4. The molecular weight excluding hydrogens is 280 g/mol. The Balaban J connectivity index is 1.75. The van der Waals surface area contributed by atoms with Crippen LogP contribution in [0, 0.1) is 11.6 Å². The fraction of sp³-hybridized carbons (Fsp3) is 0.154. The van der Waals surface area contributed by atoms with Crippen molar-refractivity contribution in [1.29, 1.82) is 0 Å². The Labute approximate surface area is 118 Å². The summed E-state index contributed by atoms with van der Waals surface area (Å²) in [5.74, 6) is -0.444. The van der Waals surface area contributed by atoms with Crippen molar-refractivity contribution < 1.29 is 13.3 Å². The number of aromatic nitrogens is 4. The van der Waals surface area contributed by atoms with Crippen molar-refractivity contribution in [3.63, 3.8) is 0 Å². The van der Waals surface area contributed by atoms with Crippen molar-refractivity contribution >= 4 is 6.01 Å². The summed E-state index contributed by atoms with van der Waals surface area (Å²) in [7, 11) is 1.79. The van der Waals surface area contributed by atoms with Crippen molar-refractivity contribution in [2.45, 2.75) is 6.54 Å². The van der Waals surface area contributed by atoms with Gasteiger partial charge in [-0.2, -0.15) is 4.98 Å². The summed E-state index contributed by atoms with van der Waals surface area (Å²) >= 11 is 0. The minimum absolute atomic E-state index is 0.0654. The van der Waals surface area contributed by atoms with Gasteiger partial charge >= 0.3 is 6.01 Å². The molecule has 0 atom stereocenters. The zero-order valence-corrected chi connectivity index (χ0v) is 11.0. The molecule has 0 spiro atoms. The van der Waals surface area contributed by atoms with E-state index in [9.17, 15) is 8.78 Å². The lowest BCUT2D eigenvalue weighted by molar-refractivity contribution is 0.430. The number of aryl methyl sites for hydroxylation is 1. The Morgan fingerprint density at radius 1 is 1.29 bits per heavy atom. The molecule has 0 unspecified atom stereocenters. The fourth-order valence-electron chi connectivity index (χ4n) is 1.83. The van der Waals surface area contributed by atoms with Gasteiger partial charge in [0.05, 0.1) is 6.54 Å². The number of nitrogens with zero attached hydrogens (tertiary/aromatic N) is 4. The van der Waals surface area contributed by atoms with Gasteiger partial charge in [-0.05, 0) is 12.1 Å². The minimum atomic E-state index is -0.633. The summed E-state index contributed by atoms with van der Waals surface area (Å²) in [6.07, 6.45) is 3.35. The molecule has 21 heavy (non-hydrogen) atoms. The highest BCUT2D eigenvalue weighted by atomic mass is 19.1. The summed E-state index contributed by atoms with van der Waals surface area (Å²) in [4.78, 5) is 8.15. The summed E-state index contributed by atoms with van der Waals surface area (Å²) in [6.45, 7) is -0.0965. The van der Waals surface area contributed by atoms with E-state index >= 15 is 0 Å². The van der Waals surface area contributed by atoms with E-state index in [4.69, 9.17) is 4.52 Å². The molecule has 0 saturated carbocycles. The second kappa shape index (κ2) is 5.31. The zero-order chi connectivity index (χ0) is 14.8. The minimum Gasteiger partial charge on any atom is -0.333 e.